The Kier molecular flexibility index (Phi) is 3.12. The number of fused-ring (bicyclic) bond motifs is 3. The van der Waals surface area contributed by atoms with Gasteiger partial charge in [0.1, 0.15) is 0 Å². The monoisotopic (exact) mass is 243 g/mol. The summed E-state index contributed by atoms with van der Waals surface area (Å²) in [5.74, 6) is 2.41. The van der Waals surface area contributed by atoms with E-state index < -0.39 is 0 Å². The first-order chi connectivity index (χ1) is 7.40. The van der Waals surface area contributed by atoms with Gasteiger partial charge in [-0.1, -0.05) is 0 Å². The Balaban J connectivity index is 0.000000963. The van der Waals surface area contributed by atoms with Crippen molar-refractivity contribution in [2.45, 2.75) is 13.0 Å². The van der Waals surface area contributed by atoms with Gasteiger partial charge in [-0.3, -0.25) is 0 Å². The van der Waals surface area contributed by atoms with Crippen LogP contribution in [0.2, 0.25) is 0 Å². The minimum atomic E-state index is 0. The minimum Gasteiger partial charge on any atom is -0.493 e. The number of halogens is 1. The van der Waals surface area contributed by atoms with Gasteiger partial charge in [0.2, 0.25) is 12.5 Å². The second kappa shape index (κ2) is 4.39. The number of benzene rings is 1. The molecule has 0 saturated carbocycles. The zero-order valence-electron chi connectivity index (χ0n) is 9.04. The molecule has 2 heterocycles. The molecule has 1 aromatic rings. The Labute approximate surface area is 100 Å². The molecule has 0 aromatic heterocycles. The third kappa shape index (κ3) is 1.58. The van der Waals surface area contributed by atoms with Gasteiger partial charge in [-0.05, 0) is 24.6 Å². The van der Waals surface area contributed by atoms with Gasteiger partial charge in [0, 0.05) is 12.1 Å². The Morgan fingerprint density at radius 3 is 2.94 bits per heavy atom. The largest absolute Gasteiger partial charge is 0.493 e. The topological polar surface area (TPSA) is 39.7 Å². The van der Waals surface area contributed by atoms with Crippen LogP contribution in [0.4, 0.5) is 0 Å². The van der Waals surface area contributed by atoms with Crippen LogP contribution >= 0.6 is 12.4 Å². The minimum absolute atomic E-state index is 0. The van der Waals surface area contributed by atoms with Crippen LogP contribution in [0.15, 0.2) is 6.07 Å². The van der Waals surface area contributed by atoms with Crippen molar-refractivity contribution in [1.29, 1.82) is 0 Å². The maximum absolute atomic E-state index is 5.51. The number of hydrogen-bond donors (Lipinski definition) is 1. The molecular weight excluding hydrogens is 230 g/mol. The van der Waals surface area contributed by atoms with E-state index in [1.54, 1.807) is 7.11 Å². The van der Waals surface area contributed by atoms with E-state index in [0.717, 1.165) is 36.8 Å². The maximum Gasteiger partial charge on any atom is 0.231 e. The van der Waals surface area contributed by atoms with E-state index in [4.69, 9.17) is 14.2 Å². The van der Waals surface area contributed by atoms with Crippen LogP contribution in [0.3, 0.4) is 0 Å². The van der Waals surface area contributed by atoms with Gasteiger partial charge in [-0.25, -0.2) is 0 Å². The fourth-order valence-corrected chi connectivity index (χ4v) is 2.16. The lowest BCUT2D eigenvalue weighted by Crippen LogP contribution is -2.23. The Hall–Kier alpha value is -1.13. The molecule has 0 fully saturated rings. The van der Waals surface area contributed by atoms with Gasteiger partial charge in [0.15, 0.2) is 11.5 Å². The highest BCUT2D eigenvalue weighted by Gasteiger charge is 2.26. The fraction of sp³-hybridized carbons (Fsp3) is 0.455. The predicted octanol–water partition coefficient (Wildman–Crippen LogP) is 1.49. The SMILES string of the molecule is COc1cc2c(c3c1OCO3)CCNC2.Cl. The molecule has 16 heavy (non-hydrogen) atoms. The van der Waals surface area contributed by atoms with Crippen LogP contribution in [-0.2, 0) is 13.0 Å². The molecule has 0 unspecified atom stereocenters. The molecule has 0 amide bonds. The summed E-state index contributed by atoms with van der Waals surface area (Å²) in [6.45, 7) is 2.17. The smallest absolute Gasteiger partial charge is 0.231 e. The number of ether oxygens (including phenoxy) is 3. The van der Waals surface area contributed by atoms with Crippen molar-refractivity contribution < 1.29 is 14.2 Å². The van der Waals surface area contributed by atoms with E-state index >= 15 is 0 Å². The van der Waals surface area contributed by atoms with Crippen LogP contribution in [0.25, 0.3) is 0 Å². The third-order valence-corrected chi connectivity index (χ3v) is 2.89. The van der Waals surface area contributed by atoms with Gasteiger partial charge >= 0.3 is 0 Å². The lowest BCUT2D eigenvalue weighted by molar-refractivity contribution is 0.170. The molecule has 0 radical (unpaired) electrons. The van der Waals surface area contributed by atoms with Gasteiger partial charge in [0.05, 0.1) is 7.11 Å². The molecule has 0 aliphatic carbocycles. The summed E-state index contributed by atoms with van der Waals surface area (Å²) < 4.78 is 16.2. The average molecular weight is 244 g/mol. The molecule has 1 N–H and O–H groups in total. The highest BCUT2D eigenvalue weighted by molar-refractivity contribution is 5.85. The normalized spacial score (nSPS) is 16.3. The van der Waals surface area contributed by atoms with Gasteiger partial charge in [0.25, 0.3) is 0 Å². The Morgan fingerprint density at radius 2 is 2.12 bits per heavy atom. The Morgan fingerprint density at radius 1 is 1.31 bits per heavy atom. The number of nitrogens with one attached hydrogen (secondary N) is 1. The predicted molar refractivity (Wildman–Crippen MR) is 61.8 cm³/mol. The zero-order chi connectivity index (χ0) is 10.3. The quantitative estimate of drug-likeness (QED) is 0.811. The third-order valence-electron chi connectivity index (χ3n) is 2.89. The van der Waals surface area contributed by atoms with E-state index in [9.17, 15) is 0 Å². The van der Waals surface area contributed by atoms with Gasteiger partial charge in [-0.2, -0.15) is 0 Å². The first kappa shape index (κ1) is 11.4. The highest BCUT2D eigenvalue weighted by Crippen LogP contribution is 2.45. The number of methoxy groups -OCH3 is 1. The fourth-order valence-electron chi connectivity index (χ4n) is 2.16. The van der Waals surface area contributed by atoms with Gasteiger partial charge < -0.3 is 19.5 Å². The van der Waals surface area contributed by atoms with Crippen LogP contribution in [-0.4, -0.2) is 20.4 Å². The molecule has 1 aromatic carbocycles. The van der Waals surface area contributed by atoms with Crippen molar-refractivity contribution in [1.82, 2.24) is 5.32 Å². The Bertz CT molecular complexity index is 409. The molecule has 0 saturated heterocycles. The molecule has 2 aliphatic heterocycles. The molecule has 4 nitrogen and oxygen atoms in total. The molecule has 0 atom stereocenters. The van der Waals surface area contributed by atoms with Crippen molar-refractivity contribution in [2.75, 3.05) is 20.4 Å². The molecule has 2 aliphatic rings. The van der Waals surface area contributed by atoms with Crippen LogP contribution in [0.5, 0.6) is 17.2 Å². The molecule has 3 rings (SSSR count). The van der Waals surface area contributed by atoms with E-state index in [2.05, 4.69) is 5.32 Å². The lowest BCUT2D eigenvalue weighted by Gasteiger charge is -2.19. The van der Waals surface area contributed by atoms with Crippen LogP contribution in [0, 0.1) is 0 Å². The van der Waals surface area contributed by atoms with E-state index in [1.165, 1.54) is 11.1 Å². The van der Waals surface area contributed by atoms with E-state index in [0.29, 0.717) is 6.79 Å². The maximum atomic E-state index is 5.51. The summed E-state index contributed by atoms with van der Waals surface area (Å²) in [7, 11) is 1.65. The second-order valence-corrected chi connectivity index (χ2v) is 3.71. The van der Waals surface area contributed by atoms with Crippen molar-refractivity contribution in [3.05, 3.63) is 17.2 Å². The highest BCUT2D eigenvalue weighted by atomic mass is 35.5. The molecule has 0 bridgehead atoms. The second-order valence-electron chi connectivity index (χ2n) is 3.71. The van der Waals surface area contributed by atoms with Crippen molar-refractivity contribution in [3.63, 3.8) is 0 Å². The van der Waals surface area contributed by atoms with E-state index in [-0.39, 0.29) is 12.4 Å². The summed E-state index contributed by atoms with van der Waals surface area (Å²) in [6, 6.07) is 2.04. The van der Waals surface area contributed by atoms with Crippen molar-refractivity contribution in [3.8, 4) is 17.2 Å². The van der Waals surface area contributed by atoms with Crippen LogP contribution in [0.1, 0.15) is 11.1 Å². The first-order valence-corrected chi connectivity index (χ1v) is 5.09. The average Bonchev–Trinajstić information content (AvgIpc) is 2.77. The van der Waals surface area contributed by atoms with E-state index in [1.807, 2.05) is 6.07 Å². The molecule has 0 spiro atoms. The first-order valence-electron chi connectivity index (χ1n) is 5.09. The summed E-state index contributed by atoms with van der Waals surface area (Å²) >= 11 is 0. The van der Waals surface area contributed by atoms with Crippen molar-refractivity contribution >= 4 is 12.4 Å². The summed E-state index contributed by atoms with van der Waals surface area (Å²) in [5.41, 5.74) is 2.52. The molecule has 5 heteroatoms. The molecule has 88 valence electrons. The summed E-state index contributed by atoms with van der Waals surface area (Å²) in [6.07, 6.45) is 0.991. The summed E-state index contributed by atoms with van der Waals surface area (Å²) in [4.78, 5) is 0. The lowest BCUT2D eigenvalue weighted by atomic mass is 9.99. The zero-order valence-corrected chi connectivity index (χ0v) is 9.86. The standard InChI is InChI=1S/C11H13NO3.ClH/c1-13-9-4-7-5-12-3-2-8(7)10-11(9)15-6-14-10;/h4,12H,2-3,5-6H2,1H3;1H. The molecular formula is C11H14ClNO3. The summed E-state index contributed by atoms with van der Waals surface area (Å²) in [5, 5.41) is 3.33. The van der Waals surface area contributed by atoms with Crippen molar-refractivity contribution in [2.24, 2.45) is 0 Å². The van der Waals surface area contributed by atoms with Crippen LogP contribution < -0.4 is 19.5 Å². The number of hydrogen-bond acceptors (Lipinski definition) is 4. The van der Waals surface area contributed by atoms with Gasteiger partial charge in [-0.15, -0.1) is 12.4 Å². The number of rotatable bonds is 1.